The van der Waals surface area contributed by atoms with E-state index in [0.717, 1.165) is 21.8 Å². The monoisotopic (exact) mass is 437 g/mol. The van der Waals surface area contributed by atoms with Crippen LogP contribution in [-0.2, 0) is 15.6 Å². The lowest BCUT2D eigenvalue weighted by Crippen LogP contribution is -2.49. The number of Topliss-reactive ketones (excluding diaryl/α,β-unsaturated/α-hetero) is 1. The Morgan fingerprint density at radius 1 is 1.07 bits per heavy atom. The molecule has 29 heavy (non-hydrogen) atoms. The molecule has 0 aliphatic carbocycles. The molecule has 2 aromatic heterocycles. The second-order valence-corrected chi connectivity index (χ2v) is 12.2. The maximum absolute atomic E-state index is 12.9. The minimum Gasteiger partial charge on any atom is -0.343 e. The first-order valence-electron chi connectivity index (χ1n) is 9.93. The van der Waals surface area contributed by atoms with Crippen LogP contribution in [0.15, 0.2) is 22.4 Å². The van der Waals surface area contributed by atoms with Crippen molar-refractivity contribution in [3.8, 4) is 0 Å². The van der Waals surface area contributed by atoms with Gasteiger partial charge in [-0.15, -0.1) is 11.3 Å². The lowest BCUT2D eigenvalue weighted by molar-refractivity contribution is 0.0901. The first-order valence-corrected chi connectivity index (χ1v) is 12.2. The van der Waals surface area contributed by atoms with Gasteiger partial charge in [-0.2, -0.15) is 4.31 Å². The van der Waals surface area contributed by atoms with Gasteiger partial charge in [-0.3, -0.25) is 9.69 Å². The van der Waals surface area contributed by atoms with Gasteiger partial charge in [-0.25, -0.2) is 8.42 Å². The summed E-state index contributed by atoms with van der Waals surface area (Å²) >= 11 is 1.30. The van der Waals surface area contributed by atoms with Gasteiger partial charge in [0, 0.05) is 53.5 Å². The third-order valence-electron chi connectivity index (χ3n) is 5.41. The molecule has 0 aromatic carbocycles. The van der Waals surface area contributed by atoms with Crippen LogP contribution < -0.4 is 0 Å². The van der Waals surface area contributed by atoms with Crippen molar-refractivity contribution in [1.82, 2.24) is 13.8 Å². The van der Waals surface area contributed by atoms with Crippen molar-refractivity contribution in [3.63, 3.8) is 0 Å². The lowest BCUT2D eigenvalue weighted by atomic mass is 10.1. The summed E-state index contributed by atoms with van der Waals surface area (Å²) in [5.74, 6) is 0.0961. The van der Waals surface area contributed by atoms with Crippen LogP contribution in [0.4, 0.5) is 0 Å². The van der Waals surface area contributed by atoms with Crippen LogP contribution in [0, 0.1) is 20.8 Å². The van der Waals surface area contributed by atoms with E-state index in [1.54, 1.807) is 6.07 Å². The Kier molecular flexibility index (Phi) is 6.11. The number of hydrogen-bond donors (Lipinski definition) is 0. The number of aryl methyl sites for hydroxylation is 2. The number of hydrogen-bond acceptors (Lipinski definition) is 5. The van der Waals surface area contributed by atoms with Crippen molar-refractivity contribution in [2.24, 2.45) is 0 Å². The Morgan fingerprint density at radius 2 is 1.69 bits per heavy atom. The SMILES string of the molecule is Cc1ccc(S(=O)(=O)N2CCN(CC(=O)c3cc(C)n(C(C)(C)C)c3C)CC2)s1. The Hall–Kier alpha value is -1.48. The summed E-state index contributed by atoms with van der Waals surface area (Å²) in [7, 11) is -3.43. The van der Waals surface area contributed by atoms with E-state index >= 15 is 0 Å². The summed E-state index contributed by atoms with van der Waals surface area (Å²) < 4.78 is 29.7. The number of carbonyl (C=O) groups is 1. The Balaban J connectivity index is 1.65. The number of thiophene rings is 1. The van der Waals surface area contributed by atoms with Gasteiger partial charge in [0.25, 0.3) is 10.0 Å². The lowest BCUT2D eigenvalue weighted by Gasteiger charge is -2.33. The number of ketones is 1. The van der Waals surface area contributed by atoms with Crippen LogP contribution in [0.2, 0.25) is 0 Å². The molecule has 1 aliphatic heterocycles. The van der Waals surface area contributed by atoms with Gasteiger partial charge < -0.3 is 4.57 Å². The van der Waals surface area contributed by atoms with Gasteiger partial charge in [0.15, 0.2) is 5.78 Å². The van der Waals surface area contributed by atoms with E-state index in [1.807, 2.05) is 32.9 Å². The Morgan fingerprint density at radius 3 is 2.17 bits per heavy atom. The summed E-state index contributed by atoms with van der Waals surface area (Å²) in [6.45, 7) is 14.6. The highest BCUT2D eigenvalue weighted by Gasteiger charge is 2.31. The summed E-state index contributed by atoms with van der Waals surface area (Å²) in [4.78, 5) is 16.0. The fourth-order valence-electron chi connectivity index (χ4n) is 4.17. The summed E-state index contributed by atoms with van der Waals surface area (Å²) in [6, 6.07) is 5.49. The number of piperazine rings is 1. The molecule has 1 fully saturated rings. The summed E-state index contributed by atoms with van der Waals surface area (Å²) in [6.07, 6.45) is 0. The fourth-order valence-corrected chi connectivity index (χ4v) is 7.03. The van der Waals surface area contributed by atoms with Crippen molar-refractivity contribution in [2.75, 3.05) is 32.7 Å². The van der Waals surface area contributed by atoms with Crippen molar-refractivity contribution in [3.05, 3.63) is 40.0 Å². The van der Waals surface area contributed by atoms with Crippen LogP contribution in [-0.4, -0.2) is 60.7 Å². The molecule has 1 saturated heterocycles. The molecule has 0 saturated carbocycles. The van der Waals surface area contributed by atoms with Gasteiger partial charge >= 0.3 is 0 Å². The van der Waals surface area contributed by atoms with Gasteiger partial charge in [0.2, 0.25) is 0 Å². The normalized spacial score (nSPS) is 17.0. The van der Waals surface area contributed by atoms with Crippen molar-refractivity contribution < 1.29 is 13.2 Å². The van der Waals surface area contributed by atoms with Crippen molar-refractivity contribution in [2.45, 2.75) is 51.3 Å². The maximum Gasteiger partial charge on any atom is 0.252 e. The molecule has 0 atom stereocenters. The zero-order valence-corrected chi connectivity index (χ0v) is 19.8. The first kappa shape index (κ1) is 22.2. The molecule has 0 unspecified atom stereocenters. The molecule has 1 aliphatic rings. The molecule has 0 radical (unpaired) electrons. The second kappa shape index (κ2) is 7.98. The van der Waals surface area contributed by atoms with E-state index in [1.165, 1.54) is 15.6 Å². The number of aromatic nitrogens is 1. The van der Waals surface area contributed by atoms with Crippen LogP contribution in [0.1, 0.15) is 47.4 Å². The smallest absolute Gasteiger partial charge is 0.252 e. The third-order valence-corrected chi connectivity index (χ3v) is 8.78. The van der Waals surface area contributed by atoms with Gasteiger partial charge in [0.1, 0.15) is 4.21 Å². The summed E-state index contributed by atoms with van der Waals surface area (Å²) in [5.41, 5.74) is 2.77. The average Bonchev–Trinajstić information content (AvgIpc) is 3.18. The third kappa shape index (κ3) is 4.50. The van der Waals surface area contributed by atoms with E-state index < -0.39 is 10.0 Å². The quantitative estimate of drug-likeness (QED) is 0.673. The molecule has 0 spiro atoms. The van der Waals surface area contributed by atoms with Crippen LogP contribution in [0.3, 0.4) is 0 Å². The van der Waals surface area contributed by atoms with E-state index in [0.29, 0.717) is 36.9 Å². The molecule has 8 heteroatoms. The molecule has 0 amide bonds. The highest BCUT2D eigenvalue weighted by atomic mass is 32.2. The number of carbonyl (C=O) groups excluding carboxylic acids is 1. The van der Waals surface area contributed by atoms with Crippen LogP contribution in [0.25, 0.3) is 0 Å². The molecule has 3 rings (SSSR count). The number of nitrogens with zero attached hydrogens (tertiary/aromatic N) is 3. The molecular formula is C21H31N3O3S2. The van der Waals surface area contributed by atoms with Gasteiger partial charge in [-0.1, -0.05) is 0 Å². The Labute approximate surface area is 178 Å². The zero-order valence-electron chi connectivity index (χ0n) is 18.2. The average molecular weight is 438 g/mol. The fraction of sp³-hybridized carbons (Fsp3) is 0.571. The van der Waals surface area contributed by atoms with Crippen molar-refractivity contribution in [1.29, 1.82) is 0 Å². The highest BCUT2D eigenvalue weighted by molar-refractivity contribution is 7.91. The first-order chi connectivity index (χ1) is 13.4. The topological polar surface area (TPSA) is 62.6 Å². The zero-order chi connectivity index (χ0) is 21.6. The van der Waals surface area contributed by atoms with Gasteiger partial charge in [-0.05, 0) is 59.7 Å². The predicted molar refractivity (Wildman–Crippen MR) is 117 cm³/mol. The second-order valence-electron chi connectivity index (χ2n) is 8.76. The molecule has 0 bridgehead atoms. The Bertz CT molecular complexity index is 1000. The molecule has 3 heterocycles. The number of rotatable bonds is 5. The van der Waals surface area contributed by atoms with E-state index in [2.05, 4.69) is 30.2 Å². The van der Waals surface area contributed by atoms with E-state index in [-0.39, 0.29) is 11.3 Å². The molecule has 160 valence electrons. The van der Waals surface area contributed by atoms with E-state index in [4.69, 9.17) is 0 Å². The van der Waals surface area contributed by atoms with Crippen molar-refractivity contribution >= 4 is 27.1 Å². The largest absolute Gasteiger partial charge is 0.343 e. The van der Waals surface area contributed by atoms with Gasteiger partial charge in [0.05, 0.1) is 6.54 Å². The molecule has 0 N–H and O–H groups in total. The van der Waals surface area contributed by atoms with Crippen LogP contribution >= 0.6 is 11.3 Å². The standard InChI is InChI=1S/C21H31N3O3S2/c1-15-13-18(17(3)24(15)21(4,5)6)19(25)14-22-9-11-23(12-10-22)29(26,27)20-8-7-16(2)28-20/h7-8,13H,9-12,14H2,1-6H3. The minimum absolute atomic E-state index is 0.0766. The minimum atomic E-state index is -3.43. The summed E-state index contributed by atoms with van der Waals surface area (Å²) in [5, 5.41) is 0. The van der Waals surface area contributed by atoms with Crippen LogP contribution in [0.5, 0.6) is 0 Å². The molecule has 6 nitrogen and oxygen atoms in total. The maximum atomic E-state index is 12.9. The van der Waals surface area contributed by atoms with E-state index in [9.17, 15) is 13.2 Å². The number of sulfonamides is 1. The highest BCUT2D eigenvalue weighted by Crippen LogP contribution is 2.26. The molecule has 2 aromatic rings. The molecular weight excluding hydrogens is 406 g/mol. The predicted octanol–water partition coefficient (Wildman–Crippen LogP) is 3.42.